The fraction of sp³-hybridized carbons (Fsp3) is 0.350. The zero-order valence-corrected chi connectivity index (χ0v) is 14.0. The Bertz CT molecular complexity index is 734. The van der Waals surface area contributed by atoms with Gasteiger partial charge in [-0.05, 0) is 18.6 Å². The molecule has 1 saturated heterocycles. The first-order valence-electron chi connectivity index (χ1n) is 8.60. The summed E-state index contributed by atoms with van der Waals surface area (Å²) < 4.78 is 0. The molecule has 0 atom stereocenters. The molecule has 0 saturated carbocycles. The van der Waals surface area contributed by atoms with Crippen molar-refractivity contribution < 1.29 is 4.84 Å². The van der Waals surface area contributed by atoms with Crippen LogP contribution in [-0.4, -0.2) is 29.6 Å². The number of hydrogen-bond acceptors (Lipinski definition) is 4. The van der Waals surface area contributed by atoms with Crippen molar-refractivity contribution in [2.45, 2.75) is 32.0 Å². The molecule has 24 heavy (non-hydrogen) atoms. The molecule has 2 aliphatic heterocycles. The molecule has 0 aliphatic carbocycles. The van der Waals surface area contributed by atoms with Gasteiger partial charge in [0.05, 0.1) is 0 Å². The van der Waals surface area contributed by atoms with E-state index in [0.717, 1.165) is 43.9 Å². The van der Waals surface area contributed by atoms with Crippen molar-refractivity contribution >= 4 is 5.84 Å². The van der Waals surface area contributed by atoms with Crippen molar-refractivity contribution in [1.29, 1.82) is 0 Å². The molecular weight excluding hydrogens is 298 g/mol. The van der Waals surface area contributed by atoms with Gasteiger partial charge < -0.3 is 0 Å². The number of amidine groups is 1. The van der Waals surface area contributed by atoms with E-state index in [0.29, 0.717) is 0 Å². The number of aryl methyl sites for hydroxylation is 1. The van der Waals surface area contributed by atoms with E-state index < -0.39 is 5.72 Å². The Morgan fingerprint density at radius 3 is 2.62 bits per heavy atom. The van der Waals surface area contributed by atoms with Crippen molar-refractivity contribution in [3.8, 4) is 0 Å². The molecule has 0 unspecified atom stereocenters. The molecule has 1 fully saturated rings. The van der Waals surface area contributed by atoms with Crippen LogP contribution in [0, 0.1) is 6.92 Å². The lowest BCUT2D eigenvalue weighted by Crippen LogP contribution is -2.44. The second-order valence-corrected chi connectivity index (χ2v) is 6.74. The van der Waals surface area contributed by atoms with Crippen LogP contribution in [-0.2, 0) is 11.4 Å². The van der Waals surface area contributed by atoms with Gasteiger partial charge in [-0.15, -0.1) is 0 Å². The standard InChI is InChI=1S/C20H23N3O/c1-16-6-5-9-18(14-16)19-21-20(24-22-19)10-12-23(13-11-20)15-17-7-3-2-4-8-17/h2-9,14H,10-13,15H2,1H3,(H,21,22). The summed E-state index contributed by atoms with van der Waals surface area (Å²) in [6.45, 7) is 5.10. The third kappa shape index (κ3) is 3.21. The maximum absolute atomic E-state index is 5.91. The van der Waals surface area contributed by atoms with Crippen LogP contribution in [0.1, 0.15) is 29.5 Å². The highest BCUT2D eigenvalue weighted by Crippen LogP contribution is 2.31. The predicted molar refractivity (Wildman–Crippen MR) is 95.6 cm³/mol. The molecule has 2 aromatic rings. The van der Waals surface area contributed by atoms with Crippen molar-refractivity contribution in [3.63, 3.8) is 0 Å². The first-order chi connectivity index (χ1) is 11.7. The van der Waals surface area contributed by atoms with Gasteiger partial charge in [-0.2, -0.15) is 0 Å². The van der Waals surface area contributed by atoms with Crippen LogP contribution in [0.15, 0.2) is 59.6 Å². The van der Waals surface area contributed by atoms with Crippen molar-refractivity contribution in [3.05, 3.63) is 71.3 Å². The summed E-state index contributed by atoms with van der Waals surface area (Å²) in [5.74, 6) is 0.857. The minimum atomic E-state index is -0.397. The van der Waals surface area contributed by atoms with Gasteiger partial charge in [0, 0.05) is 38.0 Å². The van der Waals surface area contributed by atoms with E-state index in [4.69, 9.17) is 9.83 Å². The van der Waals surface area contributed by atoms with E-state index in [1.54, 1.807) is 0 Å². The van der Waals surface area contributed by atoms with Crippen LogP contribution in [0.3, 0.4) is 0 Å². The second kappa shape index (κ2) is 6.38. The molecule has 2 heterocycles. The Labute approximate surface area is 143 Å². The highest BCUT2D eigenvalue weighted by molar-refractivity contribution is 5.99. The third-order valence-electron chi connectivity index (χ3n) is 4.83. The normalized spacial score (nSPS) is 20.0. The Balaban J connectivity index is 1.42. The molecule has 1 spiro atoms. The average Bonchev–Trinajstić information content (AvgIpc) is 3.02. The fourth-order valence-corrected chi connectivity index (χ4v) is 3.42. The van der Waals surface area contributed by atoms with Crippen LogP contribution in [0.2, 0.25) is 0 Å². The summed E-state index contributed by atoms with van der Waals surface area (Å²) in [7, 11) is 0. The molecule has 4 rings (SSSR count). The van der Waals surface area contributed by atoms with Crippen LogP contribution in [0.5, 0.6) is 0 Å². The van der Waals surface area contributed by atoms with E-state index in [-0.39, 0.29) is 0 Å². The van der Waals surface area contributed by atoms with Gasteiger partial charge in [0.1, 0.15) is 0 Å². The number of piperidine rings is 1. The Kier molecular flexibility index (Phi) is 4.08. The largest absolute Gasteiger partial charge is 0.299 e. The van der Waals surface area contributed by atoms with E-state index in [2.05, 4.69) is 71.9 Å². The smallest absolute Gasteiger partial charge is 0.190 e. The van der Waals surface area contributed by atoms with Gasteiger partial charge in [0.15, 0.2) is 11.6 Å². The maximum Gasteiger partial charge on any atom is 0.190 e. The van der Waals surface area contributed by atoms with Gasteiger partial charge in [0.2, 0.25) is 0 Å². The monoisotopic (exact) mass is 321 g/mol. The molecule has 0 radical (unpaired) electrons. The van der Waals surface area contributed by atoms with Crippen molar-refractivity contribution in [1.82, 2.24) is 10.4 Å². The van der Waals surface area contributed by atoms with Gasteiger partial charge in [-0.3, -0.25) is 4.90 Å². The minimum absolute atomic E-state index is 0.397. The molecule has 0 amide bonds. The maximum atomic E-state index is 5.91. The number of benzene rings is 2. The van der Waals surface area contributed by atoms with Crippen LogP contribution in [0.25, 0.3) is 0 Å². The lowest BCUT2D eigenvalue weighted by molar-refractivity contribution is -0.0901. The van der Waals surface area contributed by atoms with E-state index >= 15 is 0 Å². The molecule has 2 aromatic carbocycles. The predicted octanol–water partition coefficient (Wildman–Crippen LogP) is 3.27. The lowest BCUT2D eigenvalue weighted by Gasteiger charge is -2.35. The van der Waals surface area contributed by atoms with E-state index in [9.17, 15) is 0 Å². The quantitative estimate of drug-likeness (QED) is 0.943. The van der Waals surface area contributed by atoms with Gasteiger partial charge in [-0.1, -0.05) is 54.1 Å². The lowest BCUT2D eigenvalue weighted by atomic mass is 10.0. The molecule has 124 valence electrons. The molecular formula is C20H23N3O. The zero-order valence-electron chi connectivity index (χ0n) is 14.0. The van der Waals surface area contributed by atoms with E-state index in [1.165, 1.54) is 11.1 Å². The zero-order chi connectivity index (χ0) is 16.4. The van der Waals surface area contributed by atoms with Crippen LogP contribution in [0.4, 0.5) is 0 Å². The molecule has 4 nitrogen and oxygen atoms in total. The summed E-state index contributed by atoms with van der Waals surface area (Å²) in [6.07, 6.45) is 1.84. The van der Waals surface area contributed by atoms with Crippen LogP contribution < -0.4 is 5.48 Å². The number of hydrogen-bond donors (Lipinski definition) is 1. The third-order valence-corrected chi connectivity index (χ3v) is 4.83. The summed E-state index contributed by atoms with van der Waals surface area (Å²) >= 11 is 0. The van der Waals surface area contributed by atoms with Crippen molar-refractivity contribution in [2.75, 3.05) is 13.1 Å². The highest BCUT2D eigenvalue weighted by Gasteiger charge is 2.40. The van der Waals surface area contributed by atoms with Gasteiger partial charge in [0.25, 0.3) is 0 Å². The van der Waals surface area contributed by atoms with Crippen molar-refractivity contribution in [2.24, 2.45) is 4.99 Å². The summed E-state index contributed by atoms with van der Waals surface area (Å²) in [6, 6.07) is 19.0. The number of aliphatic imine (C=N–C) groups is 1. The van der Waals surface area contributed by atoms with Gasteiger partial charge in [-0.25, -0.2) is 15.3 Å². The number of likely N-dealkylation sites (tertiary alicyclic amines) is 1. The topological polar surface area (TPSA) is 36.9 Å². The number of nitrogens with zero attached hydrogens (tertiary/aromatic N) is 2. The molecule has 0 aromatic heterocycles. The molecule has 4 heteroatoms. The molecule has 2 aliphatic rings. The van der Waals surface area contributed by atoms with Crippen LogP contribution >= 0.6 is 0 Å². The molecule has 1 N–H and O–H groups in total. The SMILES string of the molecule is Cc1cccc(C2=NC3(CCN(Cc4ccccc4)CC3)ON2)c1. The molecule has 0 bridgehead atoms. The first kappa shape index (κ1) is 15.4. The fourth-order valence-electron chi connectivity index (χ4n) is 3.42. The Morgan fingerprint density at radius 2 is 1.88 bits per heavy atom. The first-order valence-corrected chi connectivity index (χ1v) is 8.60. The number of hydroxylamine groups is 1. The Hall–Kier alpha value is -2.17. The van der Waals surface area contributed by atoms with Gasteiger partial charge >= 0.3 is 0 Å². The minimum Gasteiger partial charge on any atom is -0.299 e. The summed E-state index contributed by atoms with van der Waals surface area (Å²) in [5.41, 5.74) is 6.35. The Morgan fingerprint density at radius 1 is 1.08 bits per heavy atom. The number of rotatable bonds is 3. The number of nitrogens with one attached hydrogen (secondary N) is 1. The summed E-state index contributed by atoms with van der Waals surface area (Å²) in [5, 5.41) is 0. The summed E-state index contributed by atoms with van der Waals surface area (Å²) in [4.78, 5) is 13.3. The highest BCUT2D eigenvalue weighted by atomic mass is 16.7. The average molecular weight is 321 g/mol. The second-order valence-electron chi connectivity index (χ2n) is 6.74. The van der Waals surface area contributed by atoms with E-state index in [1.807, 2.05) is 0 Å².